The van der Waals surface area contributed by atoms with Crippen molar-refractivity contribution in [1.82, 2.24) is 0 Å². The van der Waals surface area contributed by atoms with Gasteiger partial charge in [0, 0.05) is 5.41 Å². The van der Waals surface area contributed by atoms with Crippen molar-refractivity contribution < 1.29 is 36.4 Å². The molecule has 41 heavy (non-hydrogen) atoms. The molecule has 4 aliphatic carbocycles. The molecule has 0 heterocycles. The van der Waals surface area contributed by atoms with Gasteiger partial charge in [0.15, 0.2) is 24.8 Å². The van der Waals surface area contributed by atoms with Crippen LogP contribution in [0.5, 0.6) is 0 Å². The van der Waals surface area contributed by atoms with E-state index in [9.17, 15) is 31.7 Å². The number of hydrogen-bond donors (Lipinski definition) is 1. The Kier molecular flexibility index (Phi) is 8.31. The number of hydrogen-bond acceptors (Lipinski definition) is 6. The fourth-order valence-electron chi connectivity index (χ4n) is 7.05. The van der Waals surface area contributed by atoms with Crippen LogP contribution in [-0.4, -0.2) is 41.5 Å². The maximum Gasteiger partial charge on any atom is 0.428 e. The summed E-state index contributed by atoms with van der Waals surface area (Å²) in [5.41, 5.74) is -1.43. The number of rotatable bonds is 7. The summed E-state index contributed by atoms with van der Waals surface area (Å²) in [6.45, 7) is -0.383. The lowest BCUT2D eigenvalue weighted by molar-refractivity contribution is -0.193. The van der Waals surface area contributed by atoms with Crippen LogP contribution in [0.4, 0.5) is 8.78 Å². The van der Waals surface area contributed by atoms with Crippen LogP contribution in [0, 0.1) is 17.3 Å². The Balaban J connectivity index is 0.000000166. The molecule has 218 valence electrons. The molecule has 3 aromatic carbocycles. The van der Waals surface area contributed by atoms with Crippen LogP contribution in [0.1, 0.15) is 38.5 Å². The molecule has 0 aliphatic heterocycles. The van der Waals surface area contributed by atoms with E-state index in [4.69, 9.17) is 0 Å². The van der Waals surface area contributed by atoms with E-state index in [-0.39, 0.29) is 29.3 Å². The summed E-state index contributed by atoms with van der Waals surface area (Å²) in [6.07, 6.45) is 4.00. The highest BCUT2D eigenvalue weighted by Gasteiger charge is 2.58. The van der Waals surface area contributed by atoms with E-state index in [1.54, 1.807) is 0 Å². The highest BCUT2D eigenvalue weighted by Crippen LogP contribution is 2.61. The van der Waals surface area contributed by atoms with Gasteiger partial charge in [0.2, 0.25) is 0 Å². The predicted octanol–water partition coefficient (Wildman–Crippen LogP) is 5.78. The van der Waals surface area contributed by atoms with Crippen LogP contribution in [-0.2, 0) is 30.5 Å². The van der Waals surface area contributed by atoms with Crippen LogP contribution in [0.2, 0.25) is 0 Å². The van der Waals surface area contributed by atoms with E-state index in [1.165, 1.54) is 14.7 Å². The summed E-state index contributed by atoms with van der Waals surface area (Å²) in [5, 5.41) is 5.41. The zero-order valence-electron chi connectivity index (χ0n) is 22.3. The first-order valence-corrected chi connectivity index (χ1v) is 16.2. The van der Waals surface area contributed by atoms with Crippen molar-refractivity contribution in [2.24, 2.45) is 17.3 Å². The number of benzene rings is 3. The molecule has 4 fully saturated rings. The van der Waals surface area contributed by atoms with Gasteiger partial charge in [0.1, 0.15) is 0 Å². The van der Waals surface area contributed by atoms with E-state index in [1.807, 2.05) is 0 Å². The van der Waals surface area contributed by atoms with Gasteiger partial charge in [-0.15, -0.1) is 0 Å². The van der Waals surface area contributed by atoms with Crippen molar-refractivity contribution in [2.75, 3.05) is 6.61 Å². The number of ether oxygens (including phenoxy) is 1. The quantitative estimate of drug-likeness (QED) is 0.209. The topological polar surface area (TPSA) is 104 Å². The zero-order chi connectivity index (χ0) is 29.3. The molecule has 10 heteroatoms. The monoisotopic (exact) mass is 602 g/mol. The Hall–Kier alpha value is -2.79. The summed E-state index contributed by atoms with van der Waals surface area (Å²) in [4.78, 5) is 15.4. The lowest BCUT2D eigenvalue weighted by atomic mass is 9.48. The fraction of sp³-hybridized carbons (Fsp3) is 0.387. The van der Waals surface area contributed by atoms with Gasteiger partial charge in [0.25, 0.3) is 0 Å². The van der Waals surface area contributed by atoms with Crippen molar-refractivity contribution in [3.63, 3.8) is 0 Å². The first-order chi connectivity index (χ1) is 19.4. The molecule has 4 aliphatic rings. The second-order valence-electron chi connectivity index (χ2n) is 11.5. The third kappa shape index (κ3) is 6.51. The number of carbonyl (C=O) groups excluding carboxylic acids is 1. The van der Waals surface area contributed by atoms with E-state index >= 15 is 0 Å². The summed E-state index contributed by atoms with van der Waals surface area (Å²) in [5.74, 6) is -1.78. The van der Waals surface area contributed by atoms with Gasteiger partial charge in [-0.3, -0.25) is 0 Å². The molecule has 0 aromatic heterocycles. The second-order valence-corrected chi connectivity index (χ2v) is 14.9. The summed E-state index contributed by atoms with van der Waals surface area (Å²) >= 11 is 0. The van der Waals surface area contributed by atoms with Crippen molar-refractivity contribution >= 4 is 27.0 Å². The highest BCUT2D eigenvalue weighted by molar-refractivity contribution is 7.97. The number of alkyl halides is 2. The third-order valence-corrected chi connectivity index (χ3v) is 11.2. The number of halogens is 2. The lowest BCUT2D eigenvalue weighted by Crippen LogP contribution is -2.57. The molecule has 2 unspecified atom stereocenters. The molecule has 0 radical (unpaired) electrons. The Bertz CT molecular complexity index is 1340. The van der Waals surface area contributed by atoms with Crippen LogP contribution in [0.25, 0.3) is 0 Å². The van der Waals surface area contributed by atoms with Crippen molar-refractivity contribution in [1.29, 1.82) is 0 Å². The number of esters is 1. The van der Waals surface area contributed by atoms with Gasteiger partial charge < -0.3 is 14.4 Å². The van der Waals surface area contributed by atoms with E-state index in [0.29, 0.717) is 32.1 Å². The summed E-state index contributed by atoms with van der Waals surface area (Å²) in [6, 6.07) is 32.2. The number of aliphatic hydroxyl groups is 1. The van der Waals surface area contributed by atoms with Gasteiger partial charge in [-0.1, -0.05) is 54.6 Å². The minimum atomic E-state index is -6.10. The SMILES string of the molecule is O=C(OCC12C[C@@H]3C[C@@H](CC(O)(C3)C1)C2)C(F)(F)S(=O)(=O)[O-].c1ccc([S+](c2ccccc2)c2ccccc2)cc1. The highest BCUT2D eigenvalue weighted by atomic mass is 32.2. The zero-order valence-corrected chi connectivity index (χ0v) is 24.0. The minimum absolute atomic E-state index is 0.0146. The molecule has 0 spiro atoms. The Morgan fingerprint density at radius 2 is 1.27 bits per heavy atom. The van der Waals surface area contributed by atoms with Crippen LogP contribution in [0.15, 0.2) is 106 Å². The van der Waals surface area contributed by atoms with E-state index in [0.717, 1.165) is 6.42 Å². The first-order valence-electron chi connectivity index (χ1n) is 13.5. The smallest absolute Gasteiger partial charge is 0.428 e. The molecular formula is C31H32F2O6S2. The normalized spacial score (nSPS) is 26.8. The van der Waals surface area contributed by atoms with Crippen molar-refractivity contribution in [2.45, 2.75) is 64.1 Å². The van der Waals surface area contributed by atoms with Gasteiger partial charge in [0.05, 0.1) is 23.1 Å². The van der Waals surface area contributed by atoms with Gasteiger partial charge in [-0.25, -0.2) is 13.2 Å². The maximum atomic E-state index is 13.1. The van der Waals surface area contributed by atoms with Gasteiger partial charge in [-0.2, -0.15) is 8.78 Å². The number of carbonyl (C=O) groups is 1. The largest absolute Gasteiger partial charge is 0.743 e. The summed E-state index contributed by atoms with van der Waals surface area (Å²) < 4.78 is 62.0. The van der Waals surface area contributed by atoms with Gasteiger partial charge >= 0.3 is 11.2 Å². The van der Waals surface area contributed by atoms with E-state index in [2.05, 4.69) is 95.7 Å². The summed E-state index contributed by atoms with van der Waals surface area (Å²) in [7, 11) is -6.11. The van der Waals surface area contributed by atoms with Crippen LogP contribution >= 0.6 is 0 Å². The minimum Gasteiger partial charge on any atom is -0.743 e. The molecule has 7 rings (SSSR count). The average Bonchev–Trinajstić information content (AvgIpc) is 2.92. The molecule has 0 amide bonds. The van der Waals surface area contributed by atoms with E-state index < -0.39 is 32.4 Å². The maximum absolute atomic E-state index is 13.1. The molecular weight excluding hydrogens is 570 g/mol. The molecule has 4 saturated carbocycles. The van der Waals surface area contributed by atoms with Crippen LogP contribution < -0.4 is 0 Å². The molecule has 3 aromatic rings. The Labute approximate surface area is 241 Å². The Morgan fingerprint density at radius 3 is 1.63 bits per heavy atom. The molecule has 4 bridgehead atoms. The average molecular weight is 603 g/mol. The molecule has 6 nitrogen and oxygen atoms in total. The molecule has 4 atom stereocenters. The van der Waals surface area contributed by atoms with Crippen LogP contribution in [0.3, 0.4) is 0 Å². The first kappa shape index (κ1) is 29.7. The van der Waals surface area contributed by atoms with Gasteiger partial charge in [-0.05, 0) is 86.8 Å². The Morgan fingerprint density at radius 1 is 0.854 bits per heavy atom. The molecule has 1 N–H and O–H groups in total. The lowest BCUT2D eigenvalue weighted by Gasteiger charge is -2.59. The standard InChI is InChI=1S/C18H15S.C13H18F2O6S/c1-4-10-16(11-5-1)19(17-12-6-2-7-13-17)18-14-8-3-9-15-18;14-13(15,22(18,19)20)10(16)21-7-11-2-8-1-9(3-11)5-12(17,4-8)6-11/h1-15H;8-9,17H,1-7H2,(H,18,19,20)/q+1;/p-1/t;8-,9+,11?,12?. The van der Waals surface area contributed by atoms with Crippen molar-refractivity contribution in [3.05, 3.63) is 91.0 Å². The predicted molar refractivity (Wildman–Crippen MR) is 149 cm³/mol. The third-order valence-electron chi connectivity index (χ3n) is 8.15. The molecule has 0 saturated heterocycles. The fourth-order valence-corrected chi connectivity index (χ4v) is 9.42. The second kappa shape index (κ2) is 11.5. The van der Waals surface area contributed by atoms with Crippen molar-refractivity contribution in [3.8, 4) is 0 Å².